The topological polar surface area (TPSA) is 64.2 Å². The van der Waals surface area contributed by atoms with Gasteiger partial charge in [0.1, 0.15) is 0 Å². The van der Waals surface area contributed by atoms with Gasteiger partial charge in [-0.2, -0.15) is 0 Å². The van der Waals surface area contributed by atoms with E-state index in [4.69, 9.17) is 0 Å². The lowest BCUT2D eigenvalue weighted by Crippen LogP contribution is -2.33. The van der Waals surface area contributed by atoms with Crippen LogP contribution in [-0.4, -0.2) is 23.5 Å². The van der Waals surface area contributed by atoms with Crippen molar-refractivity contribution in [1.82, 2.24) is 10.0 Å². The van der Waals surface area contributed by atoms with Gasteiger partial charge in [-0.15, -0.1) is 4.72 Å². The maximum absolute atomic E-state index is 11.8. The molecule has 0 fully saturated rings. The third-order valence-corrected chi connectivity index (χ3v) is 4.11. The Kier molecular flexibility index (Phi) is 5.97. The molecule has 0 saturated carbocycles. The fourth-order valence-electron chi connectivity index (χ4n) is 1.20. The number of amides is 1. The molecule has 2 N–H and O–H groups in total. The molecule has 0 aliphatic heterocycles. The Balaban J connectivity index is 2.44. The van der Waals surface area contributed by atoms with Crippen molar-refractivity contribution in [2.45, 2.75) is 18.7 Å². The summed E-state index contributed by atoms with van der Waals surface area (Å²) in [5, 5.41) is 2.63. The summed E-state index contributed by atoms with van der Waals surface area (Å²) in [7, 11) is 0. The predicted molar refractivity (Wildman–Crippen MR) is 72.0 cm³/mol. The van der Waals surface area contributed by atoms with Crippen LogP contribution in [0.1, 0.15) is 12.5 Å². The van der Waals surface area contributed by atoms with Crippen LogP contribution in [0.15, 0.2) is 27.6 Å². The van der Waals surface area contributed by atoms with E-state index in [-0.39, 0.29) is 5.91 Å². The van der Waals surface area contributed by atoms with Crippen molar-refractivity contribution < 1.29 is 9.35 Å². The lowest BCUT2D eigenvalue weighted by molar-refractivity contribution is -0.118. The fourth-order valence-corrected chi connectivity index (χ4v) is 2.37. The number of benzene rings is 1. The van der Waals surface area contributed by atoms with Crippen LogP contribution in [-0.2, 0) is 16.2 Å². The Labute approximate surface area is 113 Å². The van der Waals surface area contributed by atoms with Gasteiger partial charge in [-0.3, -0.25) is 4.79 Å². The highest BCUT2D eigenvalue weighted by Crippen LogP contribution is 2.19. The molecular weight excluding hydrogens is 304 g/mol. The van der Waals surface area contributed by atoms with Crippen molar-refractivity contribution in [2.75, 3.05) is 13.1 Å². The van der Waals surface area contributed by atoms with Crippen LogP contribution in [0.2, 0.25) is 0 Å². The molecule has 0 aliphatic carbocycles. The highest BCUT2D eigenvalue weighted by atomic mass is 79.9. The van der Waals surface area contributed by atoms with Crippen LogP contribution < -0.4 is 10.0 Å². The Hall–Kier alpha value is -0.560. The smallest absolute Gasteiger partial charge is 0.216 e. The summed E-state index contributed by atoms with van der Waals surface area (Å²) in [4.78, 5) is 11.4. The Morgan fingerprint density at radius 3 is 2.76 bits per heavy atom. The summed E-state index contributed by atoms with van der Waals surface area (Å²) in [6, 6.07) is 5.54. The molecule has 6 heteroatoms. The third kappa shape index (κ3) is 5.08. The molecule has 0 heterocycles. The largest absolute Gasteiger partial charge is 0.593 e. The number of hydrogen-bond acceptors (Lipinski definition) is 3. The summed E-state index contributed by atoms with van der Waals surface area (Å²) >= 11 is 2.15. The van der Waals surface area contributed by atoms with E-state index >= 15 is 0 Å². The SMILES string of the molecule is CC(=O)NCCN[S+]([O-])c1ccc(Br)c(C)c1. The molecule has 94 valence electrons. The molecule has 0 saturated heterocycles. The van der Waals surface area contributed by atoms with E-state index in [1.165, 1.54) is 6.92 Å². The zero-order valence-corrected chi connectivity index (χ0v) is 12.2. The summed E-state index contributed by atoms with van der Waals surface area (Å²) in [5.74, 6) is -0.0860. The van der Waals surface area contributed by atoms with Crippen molar-refractivity contribution in [2.24, 2.45) is 0 Å². The minimum absolute atomic E-state index is 0.0860. The summed E-state index contributed by atoms with van der Waals surface area (Å²) in [6.45, 7) is 4.34. The van der Waals surface area contributed by atoms with Crippen molar-refractivity contribution in [3.05, 3.63) is 28.2 Å². The third-order valence-electron chi connectivity index (χ3n) is 2.08. The average molecular weight is 319 g/mol. The predicted octanol–water partition coefficient (Wildman–Crippen LogP) is 1.51. The Bertz CT molecular complexity index is 401. The van der Waals surface area contributed by atoms with Crippen LogP contribution in [0.25, 0.3) is 0 Å². The van der Waals surface area contributed by atoms with Gasteiger partial charge in [0, 0.05) is 17.9 Å². The van der Waals surface area contributed by atoms with Crippen LogP contribution >= 0.6 is 15.9 Å². The zero-order valence-electron chi connectivity index (χ0n) is 9.75. The number of rotatable bonds is 5. The first kappa shape index (κ1) is 14.5. The molecule has 4 nitrogen and oxygen atoms in total. The van der Waals surface area contributed by atoms with Crippen molar-refractivity contribution in [3.63, 3.8) is 0 Å². The van der Waals surface area contributed by atoms with Gasteiger partial charge in [-0.25, -0.2) is 0 Å². The first-order valence-electron chi connectivity index (χ1n) is 5.16. The van der Waals surface area contributed by atoms with Crippen LogP contribution in [0, 0.1) is 6.92 Å². The minimum atomic E-state index is -1.24. The normalized spacial score (nSPS) is 12.2. The Morgan fingerprint density at radius 2 is 2.18 bits per heavy atom. The zero-order chi connectivity index (χ0) is 12.8. The maximum Gasteiger partial charge on any atom is 0.216 e. The van der Waals surface area contributed by atoms with E-state index < -0.39 is 11.4 Å². The first-order chi connectivity index (χ1) is 8.00. The molecule has 1 amide bonds. The molecule has 0 spiro atoms. The van der Waals surface area contributed by atoms with E-state index in [1.54, 1.807) is 6.07 Å². The standard InChI is InChI=1S/C11H15BrN2O2S/c1-8-7-10(3-4-11(8)12)17(16)14-6-5-13-9(2)15/h3-4,7,14H,5-6H2,1-2H3,(H,13,15). The van der Waals surface area contributed by atoms with Gasteiger partial charge in [0.05, 0.1) is 17.9 Å². The van der Waals surface area contributed by atoms with Gasteiger partial charge >= 0.3 is 0 Å². The van der Waals surface area contributed by atoms with E-state index in [9.17, 15) is 9.35 Å². The van der Waals surface area contributed by atoms with Crippen LogP contribution in [0.4, 0.5) is 0 Å². The van der Waals surface area contributed by atoms with Crippen LogP contribution in [0.3, 0.4) is 0 Å². The fraction of sp³-hybridized carbons (Fsp3) is 0.364. The lowest BCUT2D eigenvalue weighted by Gasteiger charge is -2.11. The number of carbonyl (C=O) groups excluding carboxylic acids is 1. The van der Waals surface area contributed by atoms with Crippen molar-refractivity contribution in [3.8, 4) is 0 Å². The molecule has 17 heavy (non-hydrogen) atoms. The second kappa shape index (κ2) is 7.00. The van der Waals surface area contributed by atoms with Gasteiger partial charge < -0.3 is 9.87 Å². The summed E-state index contributed by atoms with van der Waals surface area (Å²) in [5.41, 5.74) is 1.04. The molecule has 1 aromatic rings. The number of hydrogen-bond donors (Lipinski definition) is 2. The summed E-state index contributed by atoms with van der Waals surface area (Å²) in [6.07, 6.45) is 0. The second-order valence-corrected chi connectivity index (χ2v) is 5.71. The molecule has 1 aromatic carbocycles. The molecule has 1 rings (SSSR count). The van der Waals surface area contributed by atoms with Gasteiger partial charge in [0.2, 0.25) is 5.91 Å². The minimum Gasteiger partial charge on any atom is -0.593 e. The van der Waals surface area contributed by atoms with Gasteiger partial charge in [-0.05, 0) is 30.7 Å². The summed E-state index contributed by atoms with van der Waals surface area (Å²) < 4.78 is 15.7. The molecule has 1 atom stereocenters. The molecule has 0 radical (unpaired) electrons. The van der Waals surface area contributed by atoms with Crippen LogP contribution in [0.5, 0.6) is 0 Å². The highest BCUT2D eigenvalue weighted by Gasteiger charge is 2.11. The van der Waals surface area contributed by atoms with E-state index in [1.807, 2.05) is 19.1 Å². The maximum atomic E-state index is 11.8. The van der Waals surface area contributed by atoms with Gasteiger partial charge in [0.15, 0.2) is 4.90 Å². The lowest BCUT2D eigenvalue weighted by atomic mass is 10.2. The highest BCUT2D eigenvalue weighted by molar-refractivity contribution is 9.10. The van der Waals surface area contributed by atoms with E-state index in [2.05, 4.69) is 26.0 Å². The number of nitrogens with one attached hydrogen (secondary N) is 2. The van der Waals surface area contributed by atoms with E-state index in [0.717, 1.165) is 14.9 Å². The Morgan fingerprint density at radius 1 is 1.47 bits per heavy atom. The quantitative estimate of drug-likeness (QED) is 0.639. The number of halogens is 1. The molecular formula is C11H15BrN2O2S. The molecule has 1 unspecified atom stereocenters. The first-order valence-corrected chi connectivity index (χ1v) is 7.11. The van der Waals surface area contributed by atoms with Crippen molar-refractivity contribution in [1.29, 1.82) is 0 Å². The van der Waals surface area contributed by atoms with Gasteiger partial charge in [0.25, 0.3) is 0 Å². The second-order valence-electron chi connectivity index (χ2n) is 3.56. The van der Waals surface area contributed by atoms with Crippen molar-refractivity contribution >= 4 is 33.2 Å². The van der Waals surface area contributed by atoms with E-state index in [0.29, 0.717) is 13.1 Å². The average Bonchev–Trinajstić information content (AvgIpc) is 2.27. The monoisotopic (exact) mass is 318 g/mol. The number of aryl methyl sites for hydroxylation is 1. The molecule has 0 aromatic heterocycles. The molecule has 0 bridgehead atoms. The molecule has 0 aliphatic rings. The number of carbonyl (C=O) groups is 1. The van der Waals surface area contributed by atoms with Gasteiger partial charge in [-0.1, -0.05) is 15.9 Å².